The number of carbonyl (C=O) groups excluding carboxylic acids is 1. The lowest BCUT2D eigenvalue weighted by Gasteiger charge is -2.15. The van der Waals surface area contributed by atoms with Crippen molar-refractivity contribution in [3.8, 4) is 5.75 Å². The maximum Gasteiger partial charge on any atom is 0.346 e. The van der Waals surface area contributed by atoms with Gasteiger partial charge in [-0.05, 0) is 43.0 Å². The molecule has 1 aromatic rings. The van der Waals surface area contributed by atoms with Crippen molar-refractivity contribution in [2.24, 2.45) is 0 Å². The van der Waals surface area contributed by atoms with E-state index in [0.717, 1.165) is 5.56 Å². The fraction of sp³-hybridized carbons (Fsp3) is 0.500. The van der Waals surface area contributed by atoms with Crippen LogP contribution in [0.15, 0.2) is 18.2 Å². The van der Waals surface area contributed by atoms with Gasteiger partial charge in [-0.2, -0.15) is 0 Å². The Morgan fingerprint density at radius 3 is 2.35 bits per heavy atom. The molecule has 3 heteroatoms. The van der Waals surface area contributed by atoms with E-state index in [1.807, 2.05) is 19.1 Å². The highest BCUT2D eigenvalue weighted by Crippen LogP contribution is 2.23. The van der Waals surface area contributed by atoms with Gasteiger partial charge in [0.25, 0.3) is 0 Å². The summed E-state index contributed by atoms with van der Waals surface area (Å²) in [7, 11) is 1.36. The van der Waals surface area contributed by atoms with E-state index in [2.05, 4.69) is 24.7 Å². The summed E-state index contributed by atoms with van der Waals surface area (Å²) in [6, 6.07) is 6.02. The molecule has 0 saturated carbocycles. The number of carbonyl (C=O) groups is 1. The van der Waals surface area contributed by atoms with Crippen molar-refractivity contribution in [1.29, 1.82) is 0 Å². The van der Waals surface area contributed by atoms with Gasteiger partial charge in [0, 0.05) is 0 Å². The van der Waals surface area contributed by atoms with E-state index in [4.69, 9.17) is 4.74 Å². The van der Waals surface area contributed by atoms with Gasteiger partial charge in [-0.3, -0.25) is 0 Å². The zero-order chi connectivity index (χ0) is 13.0. The molecule has 0 fully saturated rings. The standard InChI is InChI=1S/C14H20O3/c1-9(2)12-6-10(3)7-13(8-12)17-11(4)14(15)16-5/h6-9,11H,1-5H3/t11-/m0/s1. The Morgan fingerprint density at radius 2 is 1.82 bits per heavy atom. The van der Waals surface area contributed by atoms with Crippen LogP contribution in [0.1, 0.15) is 37.8 Å². The van der Waals surface area contributed by atoms with E-state index in [1.165, 1.54) is 12.7 Å². The monoisotopic (exact) mass is 236 g/mol. The molecule has 0 aliphatic heterocycles. The molecule has 94 valence electrons. The molecule has 1 aromatic carbocycles. The van der Waals surface area contributed by atoms with E-state index < -0.39 is 6.10 Å². The zero-order valence-electron chi connectivity index (χ0n) is 11.1. The van der Waals surface area contributed by atoms with Crippen molar-refractivity contribution in [3.63, 3.8) is 0 Å². The van der Waals surface area contributed by atoms with Crippen LogP contribution in [0.4, 0.5) is 0 Å². The normalized spacial score (nSPS) is 12.4. The van der Waals surface area contributed by atoms with E-state index >= 15 is 0 Å². The molecule has 0 amide bonds. The first-order valence-corrected chi connectivity index (χ1v) is 5.80. The third-order valence-electron chi connectivity index (χ3n) is 2.59. The minimum absolute atomic E-state index is 0.363. The number of methoxy groups -OCH3 is 1. The molecule has 1 atom stereocenters. The highest BCUT2D eigenvalue weighted by molar-refractivity contribution is 5.74. The molecule has 0 N–H and O–H groups in total. The molecule has 1 rings (SSSR count). The van der Waals surface area contributed by atoms with Gasteiger partial charge in [0.2, 0.25) is 0 Å². The predicted molar refractivity (Wildman–Crippen MR) is 67.4 cm³/mol. The van der Waals surface area contributed by atoms with Crippen LogP contribution in [0.3, 0.4) is 0 Å². The van der Waals surface area contributed by atoms with Gasteiger partial charge < -0.3 is 9.47 Å². The Hall–Kier alpha value is -1.51. The Morgan fingerprint density at radius 1 is 1.18 bits per heavy atom. The van der Waals surface area contributed by atoms with Gasteiger partial charge in [0.1, 0.15) is 5.75 Å². The molecule has 0 spiro atoms. The maximum absolute atomic E-state index is 11.3. The smallest absolute Gasteiger partial charge is 0.346 e. The van der Waals surface area contributed by atoms with Crippen molar-refractivity contribution in [2.45, 2.75) is 39.7 Å². The average Bonchev–Trinajstić information content (AvgIpc) is 2.26. The lowest BCUT2D eigenvalue weighted by molar-refractivity contribution is -0.147. The van der Waals surface area contributed by atoms with Crippen LogP contribution in [0.25, 0.3) is 0 Å². The molecule has 0 radical (unpaired) electrons. The van der Waals surface area contributed by atoms with Gasteiger partial charge >= 0.3 is 5.97 Å². The second kappa shape index (κ2) is 5.71. The van der Waals surface area contributed by atoms with Crippen LogP contribution < -0.4 is 4.74 Å². The van der Waals surface area contributed by atoms with Crippen molar-refractivity contribution in [3.05, 3.63) is 29.3 Å². The number of benzene rings is 1. The SMILES string of the molecule is COC(=O)[C@H](C)Oc1cc(C)cc(C(C)C)c1. The Labute approximate surface area is 103 Å². The van der Waals surface area contributed by atoms with Crippen LogP contribution in [-0.2, 0) is 9.53 Å². The van der Waals surface area contributed by atoms with Crippen molar-refractivity contribution < 1.29 is 14.3 Å². The maximum atomic E-state index is 11.3. The molecule has 0 aliphatic carbocycles. The number of rotatable bonds is 4. The van der Waals surface area contributed by atoms with Crippen LogP contribution in [0, 0.1) is 6.92 Å². The summed E-state index contributed by atoms with van der Waals surface area (Å²) in [5.41, 5.74) is 2.33. The summed E-state index contributed by atoms with van der Waals surface area (Å²) in [5.74, 6) is 0.787. The highest BCUT2D eigenvalue weighted by atomic mass is 16.6. The summed E-state index contributed by atoms with van der Waals surface area (Å²) in [5, 5.41) is 0. The first-order chi connectivity index (χ1) is 7.93. The molecule has 0 heterocycles. The van der Waals surface area contributed by atoms with Crippen LogP contribution in [0.2, 0.25) is 0 Å². The van der Waals surface area contributed by atoms with E-state index in [-0.39, 0.29) is 5.97 Å². The molecule has 0 saturated heterocycles. The summed E-state index contributed by atoms with van der Waals surface area (Å²) < 4.78 is 10.2. The number of hydrogen-bond acceptors (Lipinski definition) is 3. The average molecular weight is 236 g/mol. The minimum atomic E-state index is -0.582. The van der Waals surface area contributed by atoms with Gasteiger partial charge in [-0.15, -0.1) is 0 Å². The summed E-state index contributed by atoms with van der Waals surface area (Å²) in [4.78, 5) is 11.3. The molecule has 0 unspecified atom stereocenters. The second-order valence-corrected chi connectivity index (χ2v) is 4.52. The van der Waals surface area contributed by atoms with Crippen LogP contribution in [-0.4, -0.2) is 19.2 Å². The summed E-state index contributed by atoms with van der Waals surface area (Å²) in [6.45, 7) is 7.95. The third kappa shape index (κ3) is 3.77. The van der Waals surface area contributed by atoms with Crippen molar-refractivity contribution >= 4 is 5.97 Å². The van der Waals surface area contributed by atoms with Gasteiger partial charge in [-0.1, -0.05) is 19.9 Å². The molecule has 0 aliphatic rings. The lowest BCUT2D eigenvalue weighted by atomic mass is 10.0. The number of esters is 1. The van der Waals surface area contributed by atoms with Crippen molar-refractivity contribution in [2.75, 3.05) is 7.11 Å². The van der Waals surface area contributed by atoms with Gasteiger partial charge in [0.05, 0.1) is 7.11 Å². The summed E-state index contributed by atoms with van der Waals surface area (Å²) >= 11 is 0. The third-order valence-corrected chi connectivity index (χ3v) is 2.59. The number of hydrogen-bond donors (Lipinski definition) is 0. The van der Waals surface area contributed by atoms with Crippen molar-refractivity contribution in [1.82, 2.24) is 0 Å². The zero-order valence-corrected chi connectivity index (χ0v) is 11.1. The Kier molecular flexibility index (Phi) is 4.55. The van der Waals surface area contributed by atoms with E-state index in [0.29, 0.717) is 11.7 Å². The second-order valence-electron chi connectivity index (χ2n) is 4.52. The van der Waals surface area contributed by atoms with Crippen LogP contribution in [0.5, 0.6) is 5.75 Å². The fourth-order valence-corrected chi connectivity index (χ4v) is 1.60. The number of ether oxygens (including phenoxy) is 2. The molecule has 0 aromatic heterocycles. The Balaban J connectivity index is 2.87. The lowest BCUT2D eigenvalue weighted by Crippen LogP contribution is -2.24. The molecule has 3 nitrogen and oxygen atoms in total. The molecule has 17 heavy (non-hydrogen) atoms. The van der Waals surface area contributed by atoms with Gasteiger partial charge in [-0.25, -0.2) is 4.79 Å². The quantitative estimate of drug-likeness (QED) is 0.754. The number of aryl methyl sites for hydroxylation is 1. The van der Waals surface area contributed by atoms with E-state index in [9.17, 15) is 4.79 Å². The Bertz CT molecular complexity index is 396. The molecular formula is C14H20O3. The summed E-state index contributed by atoms with van der Waals surface area (Å²) in [6.07, 6.45) is -0.582. The molecular weight excluding hydrogens is 216 g/mol. The fourth-order valence-electron chi connectivity index (χ4n) is 1.60. The predicted octanol–water partition coefficient (Wildman–Crippen LogP) is 3.06. The van der Waals surface area contributed by atoms with E-state index in [1.54, 1.807) is 6.92 Å². The minimum Gasteiger partial charge on any atom is -0.479 e. The van der Waals surface area contributed by atoms with Gasteiger partial charge in [0.15, 0.2) is 6.10 Å². The first kappa shape index (κ1) is 13.6. The largest absolute Gasteiger partial charge is 0.479 e. The van der Waals surface area contributed by atoms with Crippen LogP contribution >= 0.6 is 0 Å². The highest BCUT2D eigenvalue weighted by Gasteiger charge is 2.15. The topological polar surface area (TPSA) is 35.5 Å². The first-order valence-electron chi connectivity index (χ1n) is 5.80. The molecule has 0 bridgehead atoms.